The maximum absolute atomic E-state index is 13.1. The number of methoxy groups -OCH3 is 1. The molecule has 0 fully saturated rings. The average molecular weight is 427 g/mol. The Morgan fingerprint density at radius 3 is 2.45 bits per heavy atom. The van der Waals surface area contributed by atoms with Crippen molar-refractivity contribution in [3.05, 3.63) is 35.4 Å². The summed E-state index contributed by atoms with van der Waals surface area (Å²) in [6.07, 6.45) is 0.476. The number of hydrogen-bond acceptors (Lipinski definition) is 2. The molecule has 1 unspecified atom stereocenters. The molecule has 0 spiro atoms. The molecule has 4 nitrogen and oxygen atoms in total. The van der Waals surface area contributed by atoms with Crippen LogP contribution in [0.5, 0.6) is 0 Å². The van der Waals surface area contributed by atoms with Gasteiger partial charge in [0.1, 0.15) is 11.6 Å². The first-order valence-corrected chi connectivity index (χ1v) is 7.04. The molecule has 126 valence electrons. The molecule has 0 aliphatic carbocycles. The molecule has 2 N–H and O–H groups in total. The van der Waals surface area contributed by atoms with Gasteiger partial charge in [0.15, 0.2) is 5.96 Å². The molecule has 0 radical (unpaired) electrons. The molecule has 1 rings (SSSR count). The van der Waals surface area contributed by atoms with Crippen LogP contribution in [0.15, 0.2) is 23.2 Å². The second kappa shape index (κ2) is 11.6. The predicted molar refractivity (Wildman–Crippen MR) is 95.9 cm³/mol. The first kappa shape index (κ1) is 21.0. The van der Waals surface area contributed by atoms with Crippen LogP contribution in [0.2, 0.25) is 0 Å². The number of nitrogens with zero attached hydrogens (tertiary/aromatic N) is 1. The van der Waals surface area contributed by atoms with Gasteiger partial charge in [0.05, 0.1) is 6.61 Å². The van der Waals surface area contributed by atoms with Crippen LogP contribution in [0.1, 0.15) is 19.4 Å². The van der Waals surface area contributed by atoms with E-state index in [9.17, 15) is 8.78 Å². The number of nitrogens with one attached hydrogen (secondary N) is 2. The minimum Gasteiger partial charge on any atom is -0.383 e. The van der Waals surface area contributed by atoms with Crippen molar-refractivity contribution in [3.8, 4) is 0 Å². The molecule has 0 saturated carbocycles. The Kier molecular flexibility index (Phi) is 11.1. The summed E-state index contributed by atoms with van der Waals surface area (Å²) in [6.45, 7) is 5.70. The Morgan fingerprint density at radius 2 is 1.91 bits per heavy atom. The van der Waals surface area contributed by atoms with Gasteiger partial charge < -0.3 is 15.4 Å². The maximum atomic E-state index is 13.1. The lowest BCUT2D eigenvalue weighted by Gasteiger charge is -2.16. The lowest BCUT2D eigenvalue weighted by Crippen LogP contribution is -2.44. The Balaban J connectivity index is 0.00000441. The predicted octanol–water partition coefficient (Wildman–Crippen LogP) is 2.72. The van der Waals surface area contributed by atoms with Gasteiger partial charge in [-0.3, -0.25) is 4.99 Å². The molecular weight excluding hydrogens is 403 g/mol. The second-order valence-electron chi connectivity index (χ2n) is 4.79. The first-order chi connectivity index (χ1) is 10.0. The van der Waals surface area contributed by atoms with Crippen LogP contribution in [-0.4, -0.2) is 38.8 Å². The van der Waals surface area contributed by atoms with Crippen LogP contribution < -0.4 is 10.6 Å². The fraction of sp³-hybridized carbons (Fsp3) is 0.533. The minimum atomic E-state index is -0.562. The zero-order valence-electron chi connectivity index (χ0n) is 13.2. The Hall–Kier alpha value is -0.960. The topological polar surface area (TPSA) is 45.7 Å². The molecule has 1 atom stereocenters. The summed E-state index contributed by atoms with van der Waals surface area (Å²) in [5.41, 5.74) is 0.594. The summed E-state index contributed by atoms with van der Waals surface area (Å²) < 4.78 is 31.2. The summed E-state index contributed by atoms with van der Waals surface area (Å²) in [5, 5.41) is 6.31. The number of hydrogen-bond donors (Lipinski definition) is 2. The van der Waals surface area contributed by atoms with Gasteiger partial charge >= 0.3 is 0 Å². The maximum Gasteiger partial charge on any atom is 0.191 e. The number of ether oxygens (including phenoxy) is 1. The quantitative estimate of drug-likeness (QED) is 0.400. The van der Waals surface area contributed by atoms with Crippen molar-refractivity contribution in [1.29, 1.82) is 0 Å². The van der Waals surface area contributed by atoms with E-state index in [4.69, 9.17) is 4.74 Å². The molecule has 0 bridgehead atoms. The summed E-state index contributed by atoms with van der Waals surface area (Å²) in [7, 11) is 1.64. The van der Waals surface area contributed by atoms with Crippen LogP contribution in [0, 0.1) is 11.6 Å². The number of rotatable bonds is 7. The fourth-order valence-corrected chi connectivity index (χ4v) is 1.90. The molecule has 0 aliphatic heterocycles. The summed E-state index contributed by atoms with van der Waals surface area (Å²) in [6, 6.07) is 3.64. The Bertz CT molecular complexity index is 452. The molecular formula is C15H24F2IN3O. The van der Waals surface area contributed by atoms with E-state index >= 15 is 0 Å². The van der Waals surface area contributed by atoms with Crippen LogP contribution in [0.25, 0.3) is 0 Å². The highest BCUT2D eigenvalue weighted by atomic mass is 127. The molecule has 0 heterocycles. The lowest BCUT2D eigenvalue weighted by atomic mass is 10.1. The van der Waals surface area contributed by atoms with E-state index in [1.54, 1.807) is 7.11 Å². The first-order valence-electron chi connectivity index (χ1n) is 7.04. The number of guanidine groups is 1. The Morgan fingerprint density at radius 1 is 1.27 bits per heavy atom. The zero-order chi connectivity index (χ0) is 15.7. The largest absolute Gasteiger partial charge is 0.383 e. The highest BCUT2D eigenvalue weighted by Crippen LogP contribution is 2.08. The minimum absolute atomic E-state index is 0. The third-order valence-corrected chi connectivity index (χ3v) is 2.74. The van der Waals surface area contributed by atoms with Crippen molar-refractivity contribution in [2.45, 2.75) is 26.3 Å². The van der Waals surface area contributed by atoms with Crippen molar-refractivity contribution >= 4 is 29.9 Å². The van der Waals surface area contributed by atoms with Gasteiger partial charge in [-0.25, -0.2) is 8.78 Å². The molecule has 0 aliphatic rings. The van der Waals surface area contributed by atoms with Gasteiger partial charge in [-0.2, -0.15) is 0 Å². The molecule has 22 heavy (non-hydrogen) atoms. The van der Waals surface area contributed by atoms with Crippen molar-refractivity contribution < 1.29 is 13.5 Å². The number of benzene rings is 1. The molecule has 0 aromatic heterocycles. The summed E-state index contributed by atoms with van der Waals surface area (Å²) >= 11 is 0. The molecule has 0 amide bonds. The third-order valence-electron chi connectivity index (χ3n) is 2.74. The molecule has 1 aromatic carbocycles. The molecule has 0 saturated heterocycles. The lowest BCUT2D eigenvalue weighted by molar-refractivity contribution is 0.179. The van der Waals surface area contributed by atoms with Crippen LogP contribution >= 0.6 is 24.0 Å². The van der Waals surface area contributed by atoms with Gasteiger partial charge in [-0.15, -0.1) is 24.0 Å². The molecule has 1 aromatic rings. The van der Waals surface area contributed by atoms with Crippen molar-refractivity contribution in [1.82, 2.24) is 10.6 Å². The standard InChI is InChI=1S/C15H23F2N3O.HI/c1-4-18-15(20-11(2)10-21-3)19-6-5-12-7-13(16)9-14(17)8-12;/h7-9,11H,4-6,10H2,1-3H3,(H2,18,19,20);1H. The van der Waals surface area contributed by atoms with E-state index in [2.05, 4.69) is 15.6 Å². The zero-order valence-corrected chi connectivity index (χ0v) is 15.5. The highest BCUT2D eigenvalue weighted by Gasteiger charge is 2.04. The normalized spacial score (nSPS) is 12.5. The second-order valence-corrected chi connectivity index (χ2v) is 4.79. The monoisotopic (exact) mass is 427 g/mol. The summed E-state index contributed by atoms with van der Waals surface area (Å²) in [5.74, 6) is -0.459. The van der Waals surface area contributed by atoms with E-state index in [0.717, 1.165) is 12.6 Å². The van der Waals surface area contributed by atoms with E-state index in [1.807, 2.05) is 13.8 Å². The van der Waals surface area contributed by atoms with Gasteiger partial charge in [-0.1, -0.05) is 0 Å². The van der Waals surface area contributed by atoms with Crippen molar-refractivity contribution in [3.63, 3.8) is 0 Å². The van der Waals surface area contributed by atoms with E-state index < -0.39 is 11.6 Å². The SMILES string of the molecule is CCNC(=NCCc1cc(F)cc(F)c1)NC(C)COC.I. The summed E-state index contributed by atoms with van der Waals surface area (Å²) in [4.78, 5) is 4.38. The number of aliphatic imine (C=N–C) groups is 1. The highest BCUT2D eigenvalue weighted by molar-refractivity contribution is 14.0. The van der Waals surface area contributed by atoms with E-state index in [-0.39, 0.29) is 30.0 Å². The van der Waals surface area contributed by atoms with Gasteiger partial charge in [0, 0.05) is 32.3 Å². The smallest absolute Gasteiger partial charge is 0.191 e. The van der Waals surface area contributed by atoms with E-state index in [1.165, 1.54) is 12.1 Å². The van der Waals surface area contributed by atoms with Crippen molar-refractivity contribution in [2.75, 3.05) is 26.8 Å². The average Bonchev–Trinajstić information content (AvgIpc) is 2.38. The van der Waals surface area contributed by atoms with Gasteiger partial charge in [-0.05, 0) is 38.0 Å². The van der Waals surface area contributed by atoms with Crippen LogP contribution in [0.4, 0.5) is 8.78 Å². The Labute approximate surface area is 147 Å². The van der Waals surface area contributed by atoms with Crippen LogP contribution in [0.3, 0.4) is 0 Å². The van der Waals surface area contributed by atoms with Gasteiger partial charge in [0.2, 0.25) is 0 Å². The molecule has 7 heteroatoms. The number of halogens is 3. The third kappa shape index (κ3) is 8.47. The van der Waals surface area contributed by atoms with E-state index in [0.29, 0.717) is 31.1 Å². The fourth-order valence-electron chi connectivity index (χ4n) is 1.90. The van der Waals surface area contributed by atoms with Crippen molar-refractivity contribution in [2.24, 2.45) is 4.99 Å². The van der Waals surface area contributed by atoms with Gasteiger partial charge in [0.25, 0.3) is 0 Å². The van der Waals surface area contributed by atoms with Crippen LogP contribution in [-0.2, 0) is 11.2 Å².